The van der Waals surface area contributed by atoms with Gasteiger partial charge in [0.25, 0.3) is 11.8 Å². The second-order valence-electron chi connectivity index (χ2n) is 7.29. The van der Waals surface area contributed by atoms with Crippen LogP contribution >= 0.6 is 11.3 Å². The molecule has 5 heteroatoms. The first-order chi connectivity index (χ1) is 12.6. The Morgan fingerprint density at radius 2 is 1.65 bits per heavy atom. The van der Waals surface area contributed by atoms with Gasteiger partial charge in [0.2, 0.25) is 0 Å². The van der Waals surface area contributed by atoms with Crippen molar-refractivity contribution in [3.63, 3.8) is 0 Å². The molecule has 1 aromatic carbocycles. The van der Waals surface area contributed by atoms with Crippen molar-refractivity contribution >= 4 is 23.2 Å². The third-order valence-corrected chi connectivity index (χ3v) is 6.79. The molecular formula is C21H24N2O2S. The molecule has 4 rings (SSSR count). The van der Waals surface area contributed by atoms with Gasteiger partial charge < -0.3 is 0 Å². The summed E-state index contributed by atoms with van der Waals surface area (Å²) in [6.07, 6.45) is 2.95. The number of fused-ring (bicyclic) bond motifs is 2. The normalized spacial score (nSPS) is 22.6. The zero-order valence-electron chi connectivity index (χ0n) is 15.3. The summed E-state index contributed by atoms with van der Waals surface area (Å²) in [5, 5.41) is 2.19. The highest BCUT2D eigenvalue weighted by atomic mass is 32.1. The van der Waals surface area contributed by atoms with E-state index >= 15 is 0 Å². The van der Waals surface area contributed by atoms with Crippen LogP contribution in [0.15, 0.2) is 35.7 Å². The molecule has 3 heterocycles. The molecular weight excluding hydrogens is 344 g/mol. The second-order valence-corrected chi connectivity index (χ2v) is 8.24. The first-order valence-electron chi connectivity index (χ1n) is 9.35. The van der Waals surface area contributed by atoms with Gasteiger partial charge in [0.1, 0.15) is 0 Å². The van der Waals surface area contributed by atoms with E-state index in [1.165, 1.54) is 15.3 Å². The molecule has 2 atom stereocenters. The molecule has 4 nitrogen and oxygen atoms in total. The van der Waals surface area contributed by atoms with Crippen molar-refractivity contribution in [2.45, 2.75) is 45.2 Å². The fourth-order valence-electron chi connectivity index (χ4n) is 4.27. The number of carbonyl (C=O) groups excluding carboxylic acids is 2. The van der Waals surface area contributed by atoms with E-state index in [0.29, 0.717) is 29.8 Å². The maximum Gasteiger partial charge on any atom is 0.261 e. The van der Waals surface area contributed by atoms with Crippen molar-refractivity contribution in [3.8, 4) is 0 Å². The van der Waals surface area contributed by atoms with Crippen LogP contribution in [0.25, 0.3) is 0 Å². The van der Waals surface area contributed by atoms with E-state index in [1.807, 2.05) is 23.5 Å². The maximum absolute atomic E-state index is 12.4. The van der Waals surface area contributed by atoms with Gasteiger partial charge in [-0.15, -0.1) is 11.3 Å². The van der Waals surface area contributed by atoms with Gasteiger partial charge in [-0.2, -0.15) is 0 Å². The largest absolute Gasteiger partial charge is 0.293 e. The van der Waals surface area contributed by atoms with E-state index in [9.17, 15) is 9.59 Å². The highest BCUT2D eigenvalue weighted by Crippen LogP contribution is 2.36. The standard InChI is InChI=1S/C21H24N2O2S/c1-14-13-16-9-12-26-19(16)15(2)22(14)10-5-6-11-23-20(24)17-7-3-4-8-18(17)21(23)25/h3-4,7-9,12,14-15H,5-6,10-11,13H2,1-2H3. The summed E-state index contributed by atoms with van der Waals surface area (Å²) >= 11 is 1.85. The van der Waals surface area contributed by atoms with Crippen molar-refractivity contribution in [2.75, 3.05) is 13.1 Å². The number of benzene rings is 1. The van der Waals surface area contributed by atoms with Crippen LogP contribution in [-0.2, 0) is 6.42 Å². The number of unbranched alkanes of at least 4 members (excludes halogenated alkanes) is 1. The number of imide groups is 1. The van der Waals surface area contributed by atoms with Crippen molar-refractivity contribution < 1.29 is 9.59 Å². The summed E-state index contributed by atoms with van der Waals surface area (Å²) in [5.41, 5.74) is 2.58. The molecule has 2 aromatic rings. The Balaban J connectivity index is 1.33. The summed E-state index contributed by atoms with van der Waals surface area (Å²) in [4.78, 5) is 30.3. The van der Waals surface area contributed by atoms with Crippen LogP contribution in [0.5, 0.6) is 0 Å². The van der Waals surface area contributed by atoms with Crippen molar-refractivity contribution in [1.82, 2.24) is 9.80 Å². The predicted molar refractivity (Wildman–Crippen MR) is 104 cm³/mol. The van der Waals surface area contributed by atoms with Gasteiger partial charge in [-0.1, -0.05) is 12.1 Å². The molecule has 2 amide bonds. The lowest BCUT2D eigenvalue weighted by atomic mass is 9.96. The fourth-order valence-corrected chi connectivity index (χ4v) is 5.29. The molecule has 0 aliphatic carbocycles. The molecule has 2 aliphatic heterocycles. The van der Waals surface area contributed by atoms with E-state index < -0.39 is 0 Å². The van der Waals surface area contributed by atoms with Gasteiger partial charge in [0.15, 0.2) is 0 Å². The molecule has 26 heavy (non-hydrogen) atoms. The Morgan fingerprint density at radius 1 is 1.00 bits per heavy atom. The van der Waals surface area contributed by atoms with Crippen LogP contribution < -0.4 is 0 Å². The van der Waals surface area contributed by atoms with Crippen LogP contribution in [0.1, 0.15) is 63.9 Å². The van der Waals surface area contributed by atoms with Crippen molar-refractivity contribution in [2.24, 2.45) is 0 Å². The van der Waals surface area contributed by atoms with E-state index in [2.05, 4.69) is 30.2 Å². The van der Waals surface area contributed by atoms with Gasteiger partial charge >= 0.3 is 0 Å². The minimum atomic E-state index is -0.145. The van der Waals surface area contributed by atoms with Gasteiger partial charge in [-0.3, -0.25) is 19.4 Å². The molecule has 0 N–H and O–H groups in total. The Kier molecular flexibility index (Phi) is 4.67. The average molecular weight is 369 g/mol. The number of nitrogens with zero attached hydrogens (tertiary/aromatic N) is 2. The maximum atomic E-state index is 12.4. The predicted octanol–water partition coefficient (Wildman–Crippen LogP) is 4.13. The number of hydrogen-bond donors (Lipinski definition) is 0. The fraction of sp³-hybridized carbons (Fsp3) is 0.429. The minimum Gasteiger partial charge on any atom is -0.293 e. The monoisotopic (exact) mass is 368 g/mol. The van der Waals surface area contributed by atoms with Gasteiger partial charge in [-0.05, 0) is 68.8 Å². The summed E-state index contributed by atoms with van der Waals surface area (Å²) in [5.74, 6) is -0.290. The minimum absolute atomic E-state index is 0.145. The highest BCUT2D eigenvalue weighted by molar-refractivity contribution is 7.10. The Hall–Kier alpha value is -1.98. The van der Waals surface area contributed by atoms with Crippen molar-refractivity contribution in [3.05, 3.63) is 57.3 Å². The lowest BCUT2D eigenvalue weighted by molar-refractivity contribution is 0.0646. The average Bonchev–Trinajstić information content (AvgIpc) is 3.19. The van der Waals surface area contributed by atoms with E-state index in [0.717, 1.165) is 25.8 Å². The van der Waals surface area contributed by atoms with E-state index in [-0.39, 0.29) is 11.8 Å². The van der Waals surface area contributed by atoms with E-state index in [4.69, 9.17) is 0 Å². The molecule has 0 fully saturated rings. The van der Waals surface area contributed by atoms with Crippen molar-refractivity contribution in [1.29, 1.82) is 0 Å². The van der Waals surface area contributed by atoms with Crippen LogP contribution in [0, 0.1) is 0 Å². The van der Waals surface area contributed by atoms with Gasteiger partial charge in [0.05, 0.1) is 11.1 Å². The summed E-state index contributed by atoms with van der Waals surface area (Å²) in [6, 6.07) is 10.3. The molecule has 0 saturated heterocycles. The van der Waals surface area contributed by atoms with Crippen LogP contribution in [0.2, 0.25) is 0 Å². The Bertz CT molecular complexity index is 809. The lowest BCUT2D eigenvalue weighted by Gasteiger charge is -2.39. The van der Waals surface area contributed by atoms with Crippen LogP contribution in [-0.4, -0.2) is 40.7 Å². The summed E-state index contributed by atoms with van der Waals surface area (Å²) < 4.78 is 0. The zero-order chi connectivity index (χ0) is 18.3. The first kappa shape index (κ1) is 17.4. The van der Waals surface area contributed by atoms with Gasteiger partial charge in [0, 0.05) is 23.5 Å². The molecule has 0 saturated carbocycles. The molecule has 2 aliphatic rings. The number of thiophene rings is 1. The Morgan fingerprint density at radius 3 is 2.35 bits per heavy atom. The number of hydrogen-bond acceptors (Lipinski definition) is 4. The number of carbonyl (C=O) groups is 2. The molecule has 0 spiro atoms. The lowest BCUT2D eigenvalue weighted by Crippen LogP contribution is -2.41. The van der Waals surface area contributed by atoms with Crippen LogP contribution in [0.4, 0.5) is 0 Å². The third kappa shape index (κ3) is 2.89. The molecule has 0 bridgehead atoms. The summed E-state index contributed by atoms with van der Waals surface area (Å²) in [7, 11) is 0. The first-order valence-corrected chi connectivity index (χ1v) is 10.2. The molecule has 2 unspecified atom stereocenters. The van der Waals surface area contributed by atoms with Crippen LogP contribution in [0.3, 0.4) is 0 Å². The third-order valence-electron chi connectivity index (χ3n) is 5.67. The molecule has 136 valence electrons. The molecule has 1 aromatic heterocycles. The molecule has 0 radical (unpaired) electrons. The number of amides is 2. The highest BCUT2D eigenvalue weighted by Gasteiger charge is 2.34. The van der Waals surface area contributed by atoms with E-state index in [1.54, 1.807) is 12.1 Å². The number of rotatable bonds is 5. The Labute approximate surface area is 158 Å². The quantitative estimate of drug-likeness (QED) is 0.588. The zero-order valence-corrected chi connectivity index (χ0v) is 16.1. The topological polar surface area (TPSA) is 40.6 Å². The summed E-state index contributed by atoms with van der Waals surface area (Å²) in [6.45, 7) is 6.09. The van der Waals surface area contributed by atoms with Gasteiger partial charge in [-0.25, -0.2) is 0 Å². The SMILES string of the molecule is CC1Cc2ccsc2C(C)N1CCCCN1C(=O)c2ccccc2C1=O. The second kappa shape index (κ2) is 6.97. The smallest absolute Gasteiger partial charge is 0.261 e.